The molecule has 0 spiro atoms. The van der Waals surface area contributed by atoms with Crippen LogP contribution in [0.4, 0.5) is 5.69 Å². The Balaban J connectivity index is 2.12. The Labute approximate surface area is 147 Å². The summed E-state index contributed by atoms with van der Waals surface area (Å²) >= 11 is 9.05. The number of carbonyl (C=O) groups excluding carboxylic acids is 1. The van der Waals surface area contributed by atoms with Gasteiger partial charge < -0.3 is 5.32 Å². The van der Waals surface area contributed by atoms with Crippen LogP contribution in [-0.2, 0) is 4.79 Å². The zero-order valence-corrected chi connectivity index (χ0v) is 15.3. The molecule has 0 aromatic heterocycles. The first-order chi connectivity index (χ1) is 9.52. The minimum absolute atomic E-state index is 0.0675. The second-order valence-corrected chi connectivity index (χ2v) is 7.27. The Morgan fingerprint density at radius 1 is 1.15 bits per heavy atom. The van der Waals surface area contributed by atoms with Gasteiger partial charge >= 0.3 is 0 Å². The van der Waals surface area contributed by atoms with E-state index in [2.05, 4.69) is 65.8 Å². The summed E-state index contributed by atoms with van der Waals surface area (Å²) in [4.78, 5) is 12.1. The lowest BCUT2D eigenvalue weighted by molar-refractivity contribution is -0.110. The number of rotatable bonds is 1. The molecule has 0 bridgehead atoms. The Kier molecular flexibility index (Phi) is 4.01. The van der Waals surface area contributed by atoms with Crippen LogP contribution in [0.2, 0.25) is 0 Å². The van der Waals surface area contributed by atoms with Crippen molar-refractivity contribution in [3.05, 3.63) is 60.0 Å². The minimum Gasteiger partial charge on any atom is -0.321 e. The van der Waals surface area contributed by atoms with Crippen molar-refractivity contribution in [1.82, 2.24) is 0 Å². The summed E-state index contributed by atoms with van der Waals surface area (Å²) in [5.41, 5.74) is 3.44. The Hall–Kier alpha value is -0.660. The predicted octanol–water partition coefficient (Wildman–Crippen LogP) is 5.11. The molecule has 0 aliphatic carbocycles. The molecule has 1 aliphatic heterocycles. The van der Waals surface area contributed by atoms with Gasteiger partial charge in [-0.05, 0) is 64.6 Å². The van der Waals surface area contributed by atoms with E-state index < -0.39 is 0 Å². The standard InChI is InChI=1S/C15H7Br2INO/c16-9-3-8(4-10(17)6-9)5-13-12-7-11(18)1-2-14(12)19-15(13)20/h1-5,7H,(H,19,20). The largest absolute Gasteiger partial charge is 0.321 e. The molecule has 1 heterocycles. The van der Waals surface area contributed by atoms with Crippen LogP contribution >= 0.6 is 54.5 Å². The fourth-order valence-corrected chi connectivity index (χ4v) is 3.79. The van der Waals surface area contributed by atoms with E-state index >= 15 is 0 Å². The number of hydrogen-bond acceptors (Lipinski definition) is 1. The van der Waals surface area contributed by atoms with E-state index in [9.17, 15) is 4.79 Å². The Morgan fingerprint density at radius 2 is 1.85 bits per heavy atom. The molecule has 20 heavy (non-hydrogen) atoms. The second kappa shape index (κ2) is 5.61. The van der Waals surface area contributed by atoms with E-state index in [1.807, 2.05) is 36.4 Å². The summed E-state index contributed by atoms with van der Waals surface area (Å²) in [5, 5.41) is 2.88. The number of halogens is 3. The maximum Gasteiger partial charge on any atom is 0.256 e. The first-order valence-corrected chi connectivity index (χ1v) is 8.41. The van der Waals surface area contributed by atoms with E-state index in [0.29, 0.717) is 5.57 Å². The third-order valence-corrected chi connectivity index (χ3v) is 4.43. The van der Waals surface area contributed by atoms with Gasteiger partial charge in [0.05, 0.1) is 0 Å². The van der Waals surface area contributed by atoms with Crippen LogP contribution in [0.15, 0.2) is 39.3 Å². The molecule has 0 saturated heterocycles. The van der Waals surface area contributed by atoms with Crippen LogP contribution in [0.1, 0.15) is 11.1 Å². The zero-order chi connectivity index (χ0) is 14.3. The van der Waals surface area contributed by atoms with E-state index in [1.54, 1.807) is 0 Å². The van der Waals surface area contributed by atoms with Gasteiger partial charge in [0, 0.05) is 35.4 Å². The number of fused-ring (bicyclic) bond motifs is 1. The topological polar surface area (TPSA) is 29.1 Å². The summed E-state index contributed by atoms with van der Waals surface area (Å²) in [7, 11) is 0. The highest BCUT2D eigenvalue weighted by Crippen LogP contribution is 2.34. The molecule has 1 amide bonds. The van der Waals surface area contributed by atoms with Crippen molar-refractivity contribution in [3.8, 4) is 0 Å². The number of carbonyl (C=O) groups is 1. The van der Waals surface area contributed by atoms with E-state index in [-0.39, 0.29) is 5.91 Å². The van der Waals surface area contributed by atoms with E-state index in [0.717, 1.165) is 29.3 Å². The monoisotopic (exact) mass is 502 g/mol. The van der Waals surface area contributed by atoms with Crippen LogP contribution in [0.5, 0.6) is 0 Å². The summed E-state index contributed by atoms with van der Waals surface area (Å²) in [6.45, 7) is 0. The number of amides is 1. The minimum atomic E-state index is -0.0675. The first kappa shape index (κ1) is 14.3. The molecule has 0 unspecified atom stereocenters. The fraction of sp³-hybridized carbons (Fsp3) is 0. The quantitative estimate of drug-likeness (QED) is 0.425. The van der Waals surface area contributed by atoms with Crippen LogP contribution in [0.3, 0.4) is 0 Å². The van der Waals surface area contributed by atoms with Crippen molar-refractivity contribution in [2.75, 3.05) is 5.32 Å². The third kappa shape index (κ3) is 2.84. The molecule has 2 aromatic rings. The Morgan fingerprint density at radius 3 is 2.55 bits per heavy atom. The highest BCUT2D eigenvalue weighted by molar-refractivity contribution is 14.1. The number of hydrogen-bond donors (Lipinski definition) is 1. The van der Waals surface area contributed by atoms with Gasteiger partial charge in [0.2, 0.25) is 0 Å². The number of anilines is 1. The van der Waals surface area contributed by atoms with Crippen LogP contribution in [0, 0.1) is 9.64 Å². The fourth-order valence-electron chi connectivity index (χ4n) is 2.07. The zero-order valence-electron chi connectivity index (χ0n) is 10.0. The maximum absolute atomic E-state index is 12.1. The average Bonchev–Trinajstić information content (AvgIpc) is 2.65. The lowest BCUT2D eigenvalue weighted by atomic mass is 10.0. The van der Waals surface area contributed by atoms with Crippen molar-refractivity contribution in [1.29, 1.82) is 0 Å². The molecule has 2 nitrogen and oxygen atoms in total. The molecule has 3 rings (SSSR count). The molecule has 1 N–H and O–H groups in total. The number of nitrogens with one attached hydrogen (secondary N) is 1. The van der Waals surface area contributed by atoms with Crippen molar-refractivity contribution in [2.45, 2.75) is 0 Å². The van der Waals surface area contributed by atoms with Gasteiger partial charge in [-0.1, -0.05) is 31.9 Å². The normalized spacial score (nSPS) is 15.3. The lowest BCUT2D eigenvalue weighted by Crippen LogP contribution is -2.03. The molecule has 0 fully saturated rings. The van der Waals surface area contributed by atoms with E-state index in [1.165, 1.54) is 0 Å². The smallest absolute Gasteiger partial charge is 0.256 e. The summed E-state index contributed by atoms with van der Waals surface area (Å²) in [6, 6.07) is 12.9. The van der Waals surface area contributed by atoms with Gasteiger partial charge in [-0.2, -0.15) is 0 Å². The summed E-state index contributed by atoms with van der Waals surface area (Å²) in [6.07, 6.45) is 1.89. The molecule has 0 saturated carbocycles. The molecule has 2 aromatic carbocycles. The Bertz CT molecular complexity index is 735. The van der Waals surface area contributed by atoms with Crippen LogP contribution in [-0.4, -0.2) is 5.91 Å². The lowest BCUT2D eigenvalue weighted by Gasteiger charge is -2.01. The van der Waals surface area contributed by atoms with Crippen molar-refractivity contribution in [2.24, 2.45) is 0 Å². The number of benzene rings is 2. The SMILES string of the molecule is O=C1Nc2ccc(I)cc2C1=Cc1cc(Br)[c]c(Br)c1. The summed E-state index contributed by atoms with van der Waals surface area (Å²) < 4.78 is 2.80. The van der Waals surface area contributed by atoms with Gasteiger partial charge in [-0.3, -0.25) is 4.79 Å². The molecular formula is C15H7Br2INO. The van der Waals surface area contributed by atoms with Crippen molar-refractivity contribution >= 4 is 77.7 Å². The average molecular weight is 504 g/mol. The van der Waals surface area contributed by atoms with Gasteiger partial charge in [0.25, 0.3) is 5.91 Å². The molecular weight excluding hydrogens is 497 g/mol. The van der Waals surface area contributed by atoms with E-state index in [4.69, 9.17) is 0 Å². The van der Waals surface area contributed by atoms with Gasteiger partial charge in [-0.15, -0.1) is 0 Å². The first-order valence-electron chi connectivity index (χ1n) is 5.74. The van der Waals surface area contributed by atoms with Gasteiger partial charge in [0.15, 0.2) is 0 Å². The van der Waals surface area contributed by atoms with Gasteiger partial charge in [0.1, 0.15) is 0 Å². The van der Waals surface area contributed by atoms with Crippen LogP contribution in [0.25, 0.3) is 11.6 Å². The molecule has 1 aliphatic rings. The molecule has 0 atom stereocenters. The third-order valence-electron chi connectivity index (χ3n) is 2.90. The predicted molar refractivity (Wildman–Crippen MR) is 96.3 cm³/mol. The van der Waals surface area contributed by atoms with Crippen LogP contribution < -0.4 is 5.32 Å². The highest BCUT2D eigenvalue weighted by Gasteiger charge is 2.24. The molecule has 5 heteroatoms. The maximum atomic E-state index is 12.1. The molecule has 1 radical (unpaired) electrons. The van der Waals surface area contributed by atoms with Gasteiger partial charge in [-0.25, -0.2) is 0 Å². The van der Waals surface area contributed by atoms with Crippen molar-refractivity contribution < 1.29 is 4.79 Å². The summed E-state index contributed by atoms with van der Waals surface area (Å²) in [5.74, 6) is -0.0675. The molecule has 99 valence electrons. The van der Waals surface area contributed by atoms with Crippen molar-refractivity contribution in [3.63, 3.8) is 0 Å². The second-order valence-electron chi connectivity index (χ2n) is 4.31. The highest BCUT2D eigenvalue weighted by atomic mass is 127.